The van der Waals surface area contributed by atoms with E-state index in [-0.39, 0.29) is 24.7 Å². The predicted molar refractivity (Wildman–Crippen MR) is 93.1 cm³/mol. The fraction of sp³-hybridized carbons (Fsp3) is 0.632. The number of amides is 1. The number of hydrogen-bond acceptors (Lipinski definition) is 4. The highest BCUT2D eigenvalue weighted by molar-refractivity contribution is 5.70. The van der Waals surface area contributed by atoms with Crippen LogP contribution in [0.4, 0.5) is 4.79 Å². The Bertz CT molecular complexity index is 543. The first-order valence-electron chi connectivity index (χ1n) is 8.68. The van der Waals surface area contributed by atoms with E-state index in [0.29, 0.717) is 19.4 Å². The fourth-order valence-corrected chi connectivity index (χ4v) is 3.35. The lowest BCUT2D eigenvalue weighted by Gasteiger charge is -2.45. The summed E-state index contributed by atoms with van der Waals surface area (Å²) >= 11 is 0. The number of rotatable bonds is 7. The lowest BCUT2D eigenvalue weighted by atomic mass is 9.81. The monoisotopic (exact) mass is 335 g/mol. The molecule has 1 aliphatic rings. The van der Waals surface area contributed by atoms with Gasteiger partial charge in [0.25, 0.3) is 0 Å². The average Bonchev–Trinajstić information content (AvgIpc) is 2.59. The third-order valence-corrected chi connectivity index (χ3v) is 5.18. The normalized spacial score (nSPS) is 22.4. The highest BCUT2D eigenvalue weighted by Crippen LogP contribution is 2.37. The molecule has 0 aromatic heterocycles. The Morgan fingerprint density at radius 1 is 1.29 bits per heavy atom. The molecule has 0 radical (unpaired) electrons. The van der Waals surface area contributed by atoms with Gasteiger partial charge in [-0.15, -0.1) is 0 Å². The molecule has 1 aliphatic heterocycles. The summed E-state index contributed by atoms with van der Waals surface area (Å²) in [6.07, 6.45) is 1.88. The van der Waals surface area contributed by atoms with E-state index in [1.54, 1.807) is 12.0 Å². The number of benzene rings is 1. The Labute approximate surface area is 144 Å². The van der Waals surface area contributed by atoms with Crippen LogP contribution < -0.4 is 4.74 Å². The molecule has 24 heavy (non-hydrogen) atoms. The Morgan fingerprint density at radius 3 is 2.46 bits per heavy atom. The number of aliphatic hydroxyl groups is 1. The van der Waals surface area contributed by atoms with Crippen LogP contribution in [0.25, 0.3) is 0 Å². The SMILES string of the molecule is COc1ccc(C(C)N2CCC(CCCO)(C(C)C)OC2=O)cc1. The average molecular weight is 335 g/mol. The van der Waals surface area contributed by atoms with E-state index in [9.17, 15) is 4.79 Å². The Hall–Kier alpha value is -1.75. The number of nitrogens with zero attached hydrogens (tertiary/aromatic N) is 1. The van der Waals surface area contributed by atoms with Crippen LogP contribution in [-0.2, 0) is 4.74 Å². The van der Waals surface area contributed by atoms with Crippen molar-refractivity contribution in [2.45, 2.75) is 51.7 Å². The van der Waals surface area contributed by atoms with Gasteiger partial charge in [0.15, 0.2) is 0 Å². The minimum absolute atomic E-state index is 0.0496. The molecule has 1 aromatic rings. The quantitative estimate of drug-likeness (QED) is 0.824. The molecule has 0 bridgehead atoms. The largest absolute Gasteiger partial charge is 0.497 e. The third-order valence-electron chi connectivity index (χ3n) is 5.18. The molecule has 0 spiro atoms. The summed E-state index contributed by atoms with van der Waals surface area (Å²) < 4.78 is 11.1. The number of hydrogen-bond donors (Lipinski definition) is 1. The van der Waals surface area contributed by atoms with Crippen molar-refractivity contribution in [1.82, 2.24) is 4.90 Å². The van der Waals surface area contributed by atoms with Crippen LogP contribution in [0.15, 0.2) is 24.3 Å². The second-order valence-electron chi connectivity index (χ2n) is 6.81. The first-order valence-corrected chi connectivity index (χ1v) is 8.68. The molecule has 1 saturated heterocycles. The van der Waals surface area contributed by atoms with E-state index in [1.165, 1.54) is 0 Å². The maximum atomic E-state index is 12.6. The van der Waals surface area contributed by atoms with E-state index in [2.05, 4.69) is 13.8 Å². The van der Waals surface area contributed by atoms with E-state index in [4.69, 9.17) is 14.6 Å². The molecule has 1 aromatic carbocycles. The summed E-state index contributed by atoms with van der Waals surface area (Å²) in [5.41, 5.74) is 0.593. The van der Waals surface area contributed by atoms with E-state index < -0.39 is 5.60 Å². The van der Waals surface area contributed by atoms with Gasteiger partial charge in [0, 0.05) is 19.6 Å². The van der Waals surface area contributed by atoms with Crippen molar-refractivity contribution in [2.24, 2.45) is 5.92 Å². The van der Waals surface area contributed by atoms with Gasteiger partial charge in [-0.2, -0.15) is 0 Å². The second kappa shape index (κ2) is 7.88. The second-order valence-corrected chi connectivity index (χ2v) is 6.81. The molecule has 1 heterocycles. The topological polar surface area (TPSA) is 59.0 Å². The minimum Gasteiger partial charge on any atom is -0.497 e. The summed E-state index contributed by atoms with van der Waals surface area (Å²) in [5.74, 6) is 1.03. The number of carbonyl (C=O) groups excluding carboxylic acids is 1. The van der Waals surface area contributed by atoms with Crippen LogP contribution in [-0.4, -0.2) is 42.0 Å². The van der Waals surface area contributed by atoms with Gasteiger partial charge in [0.2, 0.25) is 0 Å². The molecule has 1 fully saturated rings. The summed E-state index contributed by atoms with van der Waals surface area (Å²) in [7, 11) is 1.64. The van der Waals surface area contributed by atoms with Gasteiger partial charge in [-0.1, -0.05) is 26.0 Å². The highest BCUT2D eigenvalue weighted by Gasteiger charge is 2.43. The molecule has 2 rings (SSSR count). The van der Waals surface area contributed by atoms with Crippen LogP contribution in [0, 0.1) is 5.92 Å². The lowest BCUT2D eigenvalue weighted by Crippen LogP contribution is -2.52. The molecule has 134 valence electrons. The number of aliphatic hydroxyl groups excluding tert-OH is 1. The third kappa shape index (κ3) is 3.83. The van der Waals surface area contributed by atoms with E-state index in [1.807, 2.05) is 31.2 Å². The van der Waals surface area contributed by atoms with Crippen LogP contribution in [0.3, 0.4) is 0 Å². The van der Waals surface area contributed by atoms with Gasteiger partial charge >= 0.3 is 6.09 Å². The Kier molecular flexibility index (Phi) is 6.10. The van der Waals surface area contributed by atoms with Crippen molar-refractivity contribution >= 4 is 6.09 Å². The van der Waals surface area contributed by atoms with Gasteiger partial charge in [-0.3, -0.25) is 0 Å². The van der Waals surface area contributed by atoms with Crippen molar-refractivity contribution in [1.29, 1.82) is 0 Å². The van der Waals surface area contributed by atoms with Crippen LogP contribution in [0.5, 0.6) is 5.75 Å². The molecular formula is C19H29NO4. The summed E-state index contributed by atoms with van der Waals surface area (Å²) in [5, 5.41) is 9.13. The highest BCUT2D eigenvalue weighted by atomic mass is 16.6. The number of ether oxygens (including phenoxy) is 2. The molecular weight excluding hydrogens is 306 g/mol. The van der Waals surface area contributed by atoms with Gasteiger partial charge in [0.05, 0.1) is 13.2 Å². The maximum absolute atomic E-state index is 12.6. The molecule has 1 amide bonds. The summed E-state index contributed by atoms with van der Waals surface area (Å²) in [6.45, 7) is 6.95. The standard InChI is InChI=1S/C19H29NO4/c1-14(2)19(10-5-13-21)11-12-20(18(22)24-19)15(3)16-6-8-17(23-4)9-7-16/h6-9,14-15,21H,5,10-13H2,1-4H3. The number of carbonyl (C=O) groups is 1. The first-order chi connectivity index (χ1) is 11.4. The Balaban J connectivity index is 2.10. The van der Waals surface area contributed by atoms with Gasteiger partial charge in [-0.05, 0) is 43.4 Å². The van der Waals surface area contributed by atoms with Crippen LogP contribution in [0.1, 0.15) is 51.6 Å². The maximum Gasteiger partial charge on any atom is 0.410 e. The van der Waals surface area contributed by atoms with E-state index >= 15 is 0 Å². The van der Waals surface area contributed by atoms with Gasteiger partial charge in [0.1, 0.15) is 11.4 Å². The zero-order chi connectivity index (χ0) is 17.7. The molecule has 0 saturated carbocycles. The lowest BCUT2D eigenvalue weighted by molar-refractivity contribution is -0.0894. The predicted octanol–water partition coefficient (Wildman–Crippen LogP) is 3.77. The number of cyclic esters (lactones) is 1. The van der Waals surface area contributed by atoms with Crippen molar-refractivity contribution < 1.29 is 19.4 Å². The van der Waals surface area contributed by atoms with Gasteiger partial charge in [-0.25, -0.2) is 4.79 Å². The zero-order valence-corrected chi connectivity index (χ0v) is 15.1. The van der Waals surface area contributed by atoms with Crippen LogP contribution in [0.2, 0.25) is 0 Å². The minimum atomic E-state index is -0.462. The summed E-state index contributed by atoms with van der Waals surface area (Å²) in [6, 6.07) is 7.72. The molecule has 0 aliphatic carbocycles. The van der Waals surface area contributed by atoms with Crippen LogP contribution >= 0.6 is 0 Å². The van der Waals surface area contributed by atoms with Gasteiger partial charge < -0.3 is 19.5 Å². The van der Waals surface area contributed by atoms with Crippen molar-refractivity contribution in [2.75, 3.05) is 20.3 Å². The molecule has 2 atom stereocenters. The van der Waals surface area contributed by atoms with Crippen molar-refractivity contribution in [3.8, 4) is 5.75 Å². The van der Waals surface area contributed by atoms with Crippen molar-refractivity contribution in [3.63, 3.8) is 0 Å². The molecule has 2 unspecified atom stereocenters. The Morgan fingerprint density at radius 2 is 1.96 bits per heavy atom. The first kappa shape index (κ1) is 18.6. The van der Waals surface area contributed by atoms with Crippen molar-refractivity contribution in [3.05, 3.63) is 29.8 Å². The zero-order valence-electron chi connectivity index (χ0n) is 15.1. The molecule has 5 heteroatoms. The number of methoxy groups -OCH3 is 1. The summed E-state index contributed by atoms with van der Waals surface area (Å²) in [4.78, 5) is 14.4. The fourth-order valence-electron chi connectivity index (χ4n) is 3.35. The smallest absolute Gasteiger partial charge is 0.410 e. The van der Waals surface area contributed by atoms with E-state index in [0.717, 1.165) is 17.7 Å². The molecule has 5 nitrogen and oxygen atoms in total. The molecule has 1 N–H and O–H groups in total.